The summed E-state index contributed by atoms with van der Waals surface area (Å²) in [4.78, 5) is 0. The van der Waals surface area contributed by atoms with Gasteiger partial charge in [0.1, 0.15) is 0 Å². The van der Waals surface area contributed by atoms with Crippen molar-refractivity contribution in [3.8, 4) is 0 Å². The van der Waals surface area contributed by atoms with Gasteiger partial charge >= 0.3 is 0 Å². The number of fused-ring (bicyclic) bond motifs is 6. The standard InChI is InChI=1S/2C14H8Br2/c2*15-11-5-3-9-1-2-10-4-6-12(16)8-14(10)13(9)7-11/h2*1-8H. The maximum absolute atomic E-state index is 3.52. The molecule has 0 saturated carbocycles. The molecule has 0 aliphatic heterocycles. The van der Waals surface area contributed by atoms with Crippen LogP contribution in [0.1, 0.15) is 0 Å². The highest BCUT2D eigenvalue weighted by molar-refractivity contribution is 9.11. The van der Waals surface area contributed by atoms with E-state index in [1.54, 1.807) is 0 Å². The third-order valence-corrected chi connectivity index (χ3v) is 7.50. The highest BCUT2D eigenvalue weighted by Gasteiger charge is 2.03. The lowest BCUT2D eigenvalue weighted by atomic mass is 10.0. The minimum absolute atomic E-state index is 1.12. The van der Waals surface area contributed by atoms with Gasteiger partial charge in [0.15, 0.2) is 0 Å². The van der Waals surface area contributed by atoms with E-state index in [1.165, 1.54) is 43.1 Å². The van der Waals surface area contributed by atoms with Gasteiger partial charge in [-0.05, 0) is 91.6 Å². The third kappa shape index (κ3) is 4.51. The molecule has 0 spiro atoms. The van der Waals surface area contributed by atoms with Crippen LogP contribution in [0.2, 0.25) is 0 Å². The van der Waals surface area contributed by atoms with Crippen LogP contribution in [0, 0.1) is 0 Å². The molecule has 0 aromatic heterocycles. The maximum Gasteiger partial charge on any atom is 0.0181 e. The van der Waals surface area contributed by atoms with Crippen molar-refractivity contribution in [2.75, 3.05) is 0 Å². The highest BCUT2D eigenvalue weighted by Crippen LogP contribution is 2.31. The molecule has 6 aromatic carbocycles. The Kier molecular flexibility index (Phi) is 6.39. The first-order chi connectivity index (χ1) is 15.5. The Morgan fingerprint density at radius 1 is 0.281 bits per heavy atom. The van der Waals surface area contributed by atoms with Gasteiger partial charge in [0.2, 0.25) is 0 Å². The Morgan fingerprint density at radius 3 is 0.688 bits per heavy atom. The predicted octanol–water partition coefficient (Wildman–Crippen LogP) is 11.0. The molecule has 32 heavy (non-hydrogen) atoms. The second-order valence-corrected chi connectivity index (χ2v) is 11.3. The summed E-state index contributed by atoms with van der Waals surface area (Å²) in [5, 5.41) is 10.2. The Balaban J connectivity index is 0.000000135. The quantitative estimate of drug-likeness (QED) is 0.141. The first kappa shape index (κ1) is 22.1. The van der Waals surface area contributed by atoms with E-state index in [2.05, 4.69) is 161 Å². The van der Waals surface area contributed by atoms with Crippen molar-refractivity contribution in [3.63, 3.8) is 0 Å². The van der Waals surface area contributed by atoms with Crippen molar-refractivity contribution in [2.45, 2.75) is 0 Å². The summed E-state index contributed by atoms with van der Waals surface area (Å²) in [6.45, 7) is 0. The molecule has 0 nitrogen and oxygen atoms in total. The van der Waals surface area contributed by atoms with Gasteiger partial charge in [-0.2, -0.15) is 0 Å². The lowest BCUT2D eigenvalue weighted by molar-refractivity contribution is 1.70. The Hall–Kier alpha value is -1.72. The minimum Gasteiger partial charge on any atom is -0.0537 e. The molecule has 0 N–H and O–H groups in total. The van der Waals surface area contributed by atoms with Crippen LogP contribution in [0.15, 0.2) is 115 Å². The summed E-state index contributed by atoms with van der Waals surface area (Å²) in [5.41, 5.74) is 0. The third-order valence-electron chi connectivity index (χ3n) is 5.53. The Labute approximate surface area is 220 Å². The number of halogens is 4. The summed E-state index contributed by atoms with van der Waals surface area (Å²) in [6, 6.07) is 34.2. The zero-order valence-corrected chi connectivity index (χ0v) is 23.1. The number of rotatable bonds is 0. The summed E-state index contributed by atoms with van der Waals surface area (Å²) in [7, 11) is 0. The van der Waals surface area contributed by atoms with Crippen LogP contribution in [0.25, 0.3) is 43.1 Å². The second kappa shape index (κ2) is 9.26. The zero-order chi connectivity index (χ0) is 22.2. The molecule has 0 heterocycles. The van der Waals surface area contributed by atoms with Crippen molar-refractivity contribution >= 4 is 107 Å². The molecule has 0 saturated heterocycles. The van der Waals surface area contributed by atoms with E-state index in [-0.39, 0.29) is 0 Å². The largest absolute Gasteiger partial charge is 0.0537 e. The van der Waals surface area contributed by atoms with Crippen molar-refractivity contribution in [3.05, 3.63) is 115 Å². The average molecular weight is 672 g/mol. The van der Waals surface area contributed by atoms with Gasteiger partial charge in [0, 0.05) is 17.9 Å². The number of hydrogen-bond acceptors (Lipinski definition) is 0. The summed E-state index contributed by atoms with van der Waals surface area (Å²) >= 11 is 14.1. The molecule has 0 atom stereocenters. The lowest BCUT2D eigenvalue weighted by Gasteiger charge is -2.05. The molecule has 0 aliphatic carbocycles. The molecule has 4 heteroatoms. The van der Waals surface area contributed by atoms with Gasteiger partial charge in [-0.3, -0.25) is 0 Å². The van der Waals surface area contributed by atoms with Crippen LogP contribution in [-0.4, -0.2) is 0 Å². The molecule has 0 fully saturated rings. The van der Waals surface area contributed by atoms with E-state index in [0.717, 1.165) is 17.9 Å². The topological polar surface area (TPSA) is 0 Å². The molecular formula is C28H16Br4. The SMILES string of the molecule is Brc1ccc2ccc3ccc(Br)cc3c2c1.Brc1ccc2ccc3ccc(Br)cc3c2c1. The van der Waals surface area contributed by atoms with Crippen LogP contribution in [0.5, 0.6) is 0 Å². The van der Waals surface area contributed by atoms with E-state index in [9.17, 15) is 0 Å². The Bertz CT molecular complexity index is 1370. The van der Waals surface area contributed by atoms with Crippen LogP contribution in [0.4, 0.5) is 0 Å². The van der Waals surface area contributed by atoms with Gasteiger partial charge in [0.25, 0.3) is 0 Å². The smallest absolute Gasteiger partial charge is 0.0181 e. The van der Waals surface area contributed by atoms with Gasteiger partial charge < -0.3 is 0 Å². The molecular weight excluding hydrogens is 656 g/mol. The number of benzene rings is 6. The van der Waals surface area contributed by atoms with Gasteiger partial charge in [-0.25, -0.2) is 0 Å². The molecule has 0 radical (unpaired) electrons. The molecule has 0 amide bonds. The molecule has 0 unspecified atom stereocenters. The fourth-order valence-corrected chi connectivity index (χ4v) is 5.43. The molecule has 0 bridgehead atoms. The monoisotopic (exact) mass is 668 g/mol. The van der Waals surface area contributed by atoms with Crippen LogP contribution >= 0.6 is 63.7 Å². The van der Waals surface area contributed by atoms with Gasteiger partial charge in [-0.15, -0.1) is 0 Å². The van der Waals surface area contributed by atoms with E-state index in [4.69, 9.17) is 0 Å². The van der Waals surface area contributed by atoms with Crippen molar-refractivity contribution in [1.29, 1.82) is 0 Å². The van der Waals surface area contributed by atoms with Crippen LogP contribution < -0.4 is 0 Å². The van der Waals surface area contributed by atoms with Gasteiger partial charge in [-0.1, -0.05) is 112 Å². The van der Waals surface area contributed by atoms with E-state index in [0.29, 0.717) is 0 Å². The molecule has 0 aliphatic rings. The fourth-order valence-electron chi connectivity index (χ4n) is 3.99. The van der Waals surface area contributed by atoms with Crippen molar-refractivity contribution in [1.82, 2.24) is 0 Å². The first-order valence-electron chi connectivity index (χ1n) is 10.0. The molecule has 156 valence electrons. The summed E-state index contributed by atoms with van der Waals surface area (Å²) in [5.74, 6) is 0. The van der Waals surface area contributed by atoms with Gasteiger partial charge in [0.05, 0.1) is 0 Å². The van der Waals surface area contributed by atoms with E-state index in [1.807, 2.05) is 0 Å². The zero-order valence-electron chi connectivity index (χ0n) is 16.7. The summed E-state index contributed by atoms with van der Waals surface area (Å²) < 4.78 is 4.47. The highest BCUT2D eigenvalue weighted by atomic mass is 79.9. The maximum atomic E-state index is 3.52. The number of hydrogen-bond donors (Lipinski definition) is 0. The first-order valence-corrected chi connectivity index (χ1v) is 13.2. The molecule has 6 rings (SSSR count). The minimum atomic E-state index is 1.12. The normalized spacial score (nSPS) is 11.1. The van der Waals surface area contributed by atoms with Crippen molar-refractivity contribution < 1.29 is 0 Å². The van der Waals surface area contributed by atoms with Crippen LogP contribution in [-0.2, 0) is 0 Å². The van der Waals surface area contributed by atoms with Crippen LogP contribution in [0.3, 0.4) is 0 Å². The van der Waals surface area contributed by atoms with Crippen molar-refractivity contribution in [2.24, 2.45) is 0 Å². The second-order valence-electron chi connectivity index (χ2n) is 7.59. The lowest BCUT2D eigenvalue weighted by Crippen LogP contribution is -1.78. The van der Waals surface area contributed by atoms with E-state index >= 15 is 0 Å². The average Bonchev–Trinajstić information content (AvgIpc) is 2.79. The Morgan fingerprint density at radius 2 is 0.469 bits per heavy atom. The van der Waals surface area contributed by atoms with E-state index < -0.39 is 0 Å². The predicted molar refractivity (Wildman–Crippen MR) is 154 cm³/mol. The summed E-state index contributed by atoms with van der Waals surface area (Å²) in [6.07, 6.45) is 0. The fraction of sp³-hybridized carbons (Fsp3) is 0. The molecule has 6 aromatic rings.